The van der Waals surface area contributed by atoms with E-state index in [1.807, 2.05) is 31.4 Å². The van der Waals surface area contributed by atoms with E-state index >= 15 is 0 Å². The molecular weight excluding hydrogens is 238 g/mol. The minimum atomic E-state index is -0.326. The van der Waals surface area contributed by atoms with Crippen LogP contribution in [0, 0.1) is 5.92 Å². The van der Waals surface area contributed by atoms with Gasteiger partial charge in [-0.2, -0.15) is 0 Å². The van der Waals surface area contributed by atoms with Crippen molar-refractivity contribution in [2.45, 2.75) is 26.3 Å². The van der Waals surface area contributed by atoms with Crippen molar-refractivity contribution in [1.82, 2.24) is 5.32 Å². The van der Waals surface area contributed by atoms with Gasteiger partial charge in [-0.25, -0.2) is 0 Å². The maximum Gasteiger partial charge on any atom is 0.307 e. The van der Waals surface area contributed by atoms with Crippen LogP contribution < -0.4 is 5.32 Å². The van der Waals surface area contributed by atoms with Crippen LogP contribution in [0.5, 0.6) is 0 Å². The maximum absolute atomic E-state index is 11.7. The van der Waals surface area contributed by atoms with Crippen molar-refractivity contribution in [3.8, 4) is 0 Å². The summed E-state index contributed by atoms with van der Waals surface area (Å²) in [6.45, 7) is 3.64. The first-order valence-corrected chi connectivity index (χ1v) is 6.33. The molecule has 1 N–H and O–H groups in total. The zero-order chi connectivity index (χ0) is 12.8. The van der Waals surface area contributed by atoms with E-state index < -0.39 is 0 Å². The fourth-order valence-electron chi connectivity index (χ4n) is 1.30. The highest BCUT2D eigenvalue weighted by molar-refractivity contribution is 7.10. The molecule has 0 fully saturated rings. The van der Waals surface area contributed by atoms with Crippen LogP contribution in [0.2, 0.25) is 0 Å². The molecule has 0 saturated carbocycles. The summed E-state index contributed by atoms with van der Waals surface area (Å²) in [7, 11) is 1.35. The molecule has 0 saturated heterocycles. The molecule has 5 heteroatoms. The van der Waals surface area contributed by atoms with E-state index in [9.17, 15) is 9.59 Å². The highest BCUT2D eigenvalue weighted by Gasteiger charge is 2.20. The molecule has 1 atom stereocenters. The maximum atomic E-state index is 11.7. The molecule has 0 unspecified atom stereocenters. The number of methoxy groups -OCH3 is 1. The summed E-state index contributed by atoms with van der Waals surface area (Å²) in [6, 6.07) is 3.50. The van der Waals surface area contributed by atoms with Crippen molar-refractivity contribution >= 4 is 23.2 Å². The minimum absolute atomic E-state index is 0.0627. The summed E-state index contributed by atoms with van der Waals surface area (Å²) in [6.07, 6.45) is 0.162. The van der Waals surface area contributed by atoms with Crippen LogP contribution in [-0.4, -0.2) is 19.0 Å². The summed E-state index contributed by atoms with van der Waals surface area (Å²) in [5.74, 6) is -0.491. The summed E-state index contributed by atoms with van der Waals surface area (Å²) in [4.78, 5) is 23.9. The van der Waals surface area contributed by atoms with Gasteiger partial charge in [0.1, 0.15) is 0 Å². The van der Waals surface area contributed by atoms with Crippen LogP contribution in [0.25, 0.3) is 0 Å². The Labute approximate surface area is 105 Å². The van der Waals surface area contributed by atoms with Gasteiger partial charge in [0, 0.05) is 10.8 Å². The Morgan fingerprint density at radius 1 is 1.47 bits per heavy atom. The molecule has 0 aliphatic carbocycles. The Hall–Kier alpha value is -1.36. The van der Waals surface area contributed by atoms with Crippen molar-refractivity contribution in [3.05, 3.63) is 22.4 Å². The molecule has 1 amide bonds. The van der Waals surface area contributed by atoms with Crippen LogP contribution in [-0.2, 0) is 14.3 Å². The van der Waals surface area contributed by atoms with Crippen LogP contribution in [0.3, 0.4) is 0 Å². The summed E-state index contributed by atoms with van der Waals surface area (Å²) in [5.41, 5.74) is 0. The van der Waals surface area contributed by atoms with Gasteiger partial charge in [-0.05, 0) is 11.4 Å². The number of ether oxygens (including phenoxy) is 1. The molecule has 1 aromatic heterocycles. The molecule has 0 aliphatic rings. The van der Waals surface area contributed by atoms with Gasteiger partial charge < -0.3 is 10.1 Å². The van der Waals surface area contributed by atoms with Crippen molar-refractivity contribution in [2.24, 2.45) is 5.92 Å². The highest BCUT2D eigenvalue weighted by atomic mass is 32.1. The zero-order valence-corrected chi connectivity index (χ0v) is 11.0. The number of rotatable bonds is 5. The number of hydrogen-bond donors (Lipinski definition) is 1. The fourth-order valence-corrected chi connectivity index (χ4v) is 2.08. The minimum Gasteiger partial charge on any atom is -0.469 e. The Bertz CT molecular complexity index is 373. The predicted molar refractivity (Wildman–Crippen MR) is 66.7 cm³/mol. The molecule has 1 heterocycles. The molecule has 0 aliphatic heterocycles. The molecule has 0 aromatic carbocycles. The van der Waals surface area contributed by atoms with Gasteiger partial charge in [0.2, 0.25) is 5.91 Å². The Balaban J connectivity index is 2.73. The van der Waals surface area contributed by atoms with Gasteiger partial charge in [0.05, 0.1) is 19.6 Å². The molecular formula is C12H17NO3S. The number of amides is 1. The number of thiophene rings is 1. The van der Waals surface area contributed by atoms with Gasteiger partial charge in [-0.15, -0.1) is 11.3 Å². The van der Waals surface area contributed by atoms with Crippen LogP contribution in [0.1, 0.15) is 31.2 Å². The van der Waals surface area contributed by atoms with E-state index in [-0.39, 0.29) is 30.3 Å². The average molecular weight is 255 g/mol. The number of nitrogens with one attached hydrogen (secondary N) is 1. The highest BCUT2D eigenvalue weighted by Crippen LogP contribution is 2.22. The van der Waals surface area contributed by atoms with Crippen molar-refractivity contribution < 1.29 is 14.3 Å². The Kier molecular flexibility index (Phi) is 5.15. The van der Waals surface area contributed by atoms with E-state index in [1.165, 1.54) is 18.4 Å². The zero-order valence-electron chi connectivity index (χ0n) is 10.2. The third kappa shape index (κ3) is 4.19. The van der Waals surface area contributed by atoms with Gasteiger partial charge in [-0.3, -0.25) is 9.59 Å². The van der Waals surface area contributed by atoms with Gasteiger partial charge in [-0.1, -0.05) is 19.9 Å². The lowest BCUT2D eigenvalue weighted by Crippen LogP contribution is -2.32. The van der Waals surface area contributed by atoms with E-state index in [0.29, 0.717) is 0 Å². The van der Waals surface area contributed by atoms with E-state index in [0.717, 1.165) is 4.88 Å². The van der Waals surface area contributed by atoms with Crippen molar-refractivity contribution in [2.75, 3.05) is 7.11 Å². The van der Waals surface area contributed by atoms with Crippen LogP contribution >= 0.6 is 11.3 Å². The van der Waals surface area contributed by atoms with Gasteiger partial charge in [0.15, 0.2) is 0 Å². The van der Waals surface area contributed by atoms with Crippen molar-refractivity contribution in [1.29, 1.82) is 0 Å². The van der Waals surface area contributed by atoms with Gasteiger partial charge >= 0.3 is 5.97 Å². The number of esters is 1. The molecule has 4 nitrogen and oxygen atoms in total. The van der Waals surface area contributed by atoms with Crippen LogP contribution in [0.15, 0.2) is 17.5 Å². The summed E-state index contributed by atoms with van der Waals surface area (Å²) in [5, 5.41) is 4.77. The second-order valence-corrected chi connectivity index (χ2v) is 4.99. The molecule has 0 radical (unpaired) electrons. The summed E-state index contributed by atoms with van der Waals surface area (Å²) >= 11 is 1.51. The molecule has 0 bridgehead atoms. The van der Waals surface area contributed by atoms with E-state index in [1.54, 1.807) is 0 Å². The molecule has 1 aromatic rings. The van der Waals surface area contributed by atoms with E-state index in [4.69, 9.17) is 0 Å². The standard InChI is InChI=1S/C12H17NO3S/c1-8(2)12(15)13-9(7-11(14)16-3)10-5-4-6-17-10/h4-6,8-9H,7H2,1-3H3,(H,13,15)/t9-/m1/s1. The van der Waals surface area contributed by atoms with Crippen molar-refractivity contribution in [3.63, 3.8) is 0 Å². The Morgan fingerprint density at radius 3 is 2.65 bits per heavy atom. The normalized spacial score (nSPS) is 12.2. The first-order chi connectivity index (χ1) is 8.04. The lowest BCUT2D eigenvalue weighted by atomic mass is 10.1. The first-order valence-electron chi connectivity index (χ1n) is 5.45. The smallest absolute Gasteiger partial charge is 0.307 e. The molecule has 17 heavy (non-hydrogen) atoms. The number of carbonyl (C=O) groups excluding carboxylic acids is 2. The quantitative estimate of drug-likeness (QED) is 0.820. The monoisotopic (exact) mass is 255 g/mol. The Morgan fingerprint density at radius 2 is 2.18 bits per heavy atom. The lowest BCUT2D eigenvalue weighted by molar-refractivity contribution is -0.141. The first kappa shape index (κ1) is 13.7. The summed E-state index contributed by atoms with van der Waals surface area (Å²) < 4.78 is 4.64. The third-order valence-electron chi connectivity index (χ3n) is 2.33. The number of hydrogen-bond acceptors (Lipinski definition) is 4. The second kappa shape index (κ2) is 6.39. The SMILES string of the molecule is COC(=O)C[C@@H](NC(=O)C(C)C)c1cccs1. The van der Waals surface area contributed by atoms with Gasteiger partial charge in [0.25, 0.3) is 0 Å². The molecule has 94 valence electrons. The topological polar surface area (TPSA) is 55.4 Å². The molecule has 0 spiro atoms. The second-order valence-electron chi connectivity index (χ2n) is 4.01. The predicted octanol–water partition coefficient (Wildman–Crippen LogP) is 2.12. The van der Waals surface area contributed by atoms with Crippen LogP contribution in [0.4, 0.5) is 0 Å². The van der Waals surface area contributed by atoms with E-state index in [2.05, 4.69) is 10.1 Å². The lowest BCUT2D eigenvalue weighted by Gasteiger charge is -2.17. The number of carbonyl (C=O) groups is 2. The average Bonchev–Trinajstić information content (AvgIpc) is 2.80. The largest absolute Gasteiger partial charge is 0.469 e. The third-order valence-corrected chi connectivity index (χ3v) is 3.31. The fraction of sp³-hybridized carbons (Fsp3) is 0.500. The molecule has 1 rings (SSSR count).